The van der Waals surface area contributed by atoms with Crippen molar-refractivity contribution in [2.45, 2.75) is 19.3 Å². The van der Waals surface area contributed by atoms with E-state index in [0.717, 1.165) is 4.90 Å². The number of likely N-dealkylation sites (tertiary alicyclic amines) is 1. The van der Waals surface area contributed by atoms with Crippen molar-refractivity contribution in [3.63, 3.8) is 0 Å². The second-order valence-corrected chi connectivity index (χ2v) is 4.49. The second-order valence-electron chi connectivity index (χ2n) is 4.10. The van der Waals surface area contributed by atoms with Crippen LogP contribution in [0.15, 0.2) is 12.1 Å². The molecule has 1 amide bonds. The maximum absolute atomic E-state index is 13.0. The van der Waals surface area contributed by atoms with Gasteiger partial charge >= 0.3 is 0 Å². The number of aromatic nitrogens is 1. The van der Waals surface area contributed by atoms with Gasteiger partial charge in [-0.1, -0.05) is 11.6 Å². The Morgan fingerprint density at radius 3 is 2.76 bits per heavy atom. The van der Waals surface area contributed by atoms with Crippen molar-refractivity contribution in [3.8, 4) is 0 Å². The summed E-state index contributed by atoms with van der Waals surface area (Å²) in [5.41, 5.74) is 0.782. The smallest absolute Gasteiger partial charge is 0.267 e. The molecule has 2 rings (SSSR count). The average Bonchev–Trinajstić information content (AvgIpc) is 2.58. The van der Waals surface area contributed by atoms with Crippen molar-refractivity contribution >= 4 is 17.5 Å². The highest BCUT2D eigenvalue weighted by atomic mass is 35.5. The Morgan fingerprint density at radius 1 is 1.53 bits per heavy atom. The zero-order chi connectivity index (χ0) is 12.6. The first-order valence-corrected chi connectivity index (χ1v) is 5.57. The highest BCUT2D eigenvalue weighted by molar-refractivity contribution is 6.29. The van der Waals surface area contributed by atoms with Crippen LogP contribution >= 0.6 is 11.6 Å². The lowest BCUT2D eigenvalue weighted by molar-refractivity contribution is 0.0120. The Labute approximate surface area is 102 Å². The fourth-order valence-corrected chi connectivity index (χ4v) is 2.03. The van der Waals surface area contributed by atoms with Crippen LogP contribution in [0.3, 0.4) is 0 Å². The topological polar surface area (TPSA) is 33.2 Å². The molecule has 0 unspecified atom stereocenters. The lowest BCUT2D eigenvalue weighted by Crippen LogP contribution is -2.31. The molecule has 0 spiro atoms. The van der Waals surface area contributed by atoms with Crippen LogP contribution in [0.4, 0.5) is 8.78 Å². The van der Waals surface area contributed by atoms with E-state index < -0.39 is 18.4 Å². The summed E-state index contributed by atoms with van der Waals surface area (Å²) in [5.74, 6) is -3.19. The second kappa shape index (κ2) is 4.22. The summed E-state index contributed by atoms with van der Waals surface area (Å²) >= 11 is 5.67. The molecular weight excluding hydrogens is 250 g/mol. The first-order valence-electron chi connectivity index (χ1n) is 5.19. The number of pyridine rings is 1. The van der Waals surface area contributed by atoms with Gasteiger partial charge in [0.25, 0.3) is 11.8 Å². The van der Waals surface area contributed by atoms with E-state index in [1.165, 1.54) is 12.1 Å². The maximum atomic E-state index is 13.0. The number of rotatable bonds is 1. The highest BCUT2D eigenvalue weighted by Crippen LogP contribution is 2.28. The summed E-state index contributed by atoms with van der Waals surface area (Å²) in [6.07, 6.45) is -0.279. The number of hydrogen-bond donors (Lipinski definition) is 0. The lowest BCUT2D eigenvalue weighted by Gasteiger charge is -2.16. The van der Waals surface area contributed by atoms with E-state index in [0.29, 0.717) is 11.3 Å². The molecule has 0 N–H and O–H groups in total. The molecule has 1 aliphatic heterocycles. The van der Waals surface area contributed by atoms with Gasteiger partial charge in [-0.25, -0.2) is 13.8 Å². The van der Waals surface area contributed by atoms with Gasteiger partial charge in [-0.15, -0.1) is 0 Å². The molecular formula is C11H11ClF2N2O. The molecule has 1 aromatic rings. The number of aryl methyl sites for hydroxylation is 1. The van der Waals surface area contributed by atoms with Gasteiger partial charge in [-0.3, -0.25) is 4.79 Å². The Morgan fingerprint density at radius 2 is 2.24 bits per heavy atom. The van der Waals surface area contributed by atoms with E-state index in [1.54, 1.807) is 6.92 Å². The minimum atomic E-state index is -2.77. The SMILES string of the molecule is Cc1nc(Cl)ccc1C(=O)N1CCC(F)(F)C1. The highest BCUT2D eigenvalue weighted by Gasteiger charge is 2.40. The predicted molar refractivity (Wildman–Crippen MR) is 59.5 cm³/mol. The maximum Gasteiger partial charge on any atom is 0.267 e. The summed E-state index contributed by atoms with van der Waals surface area (Å²) in [4.78, 5) is 17.1. The van der Waals surface area contributed by atoms with Crippen LogP contribution in [0, 0.1) is 6.92 Å². The third-order valence-corrected chi connectivity index (χ3v) is 2.95. The molecule has 1 aliphatic rings. The van der Waals surface area contributed by atoms with Crippen LogP contribution in [0.2, 0.25) is 5.15 Å². The first kappa shape index (κ1) is 12.2. The average molecular weight is 261 g/mol. The summed E-state index contributed by atoms with van der Waals surface area (Å²) in [5, 5.41) is 0.283. The van der Waals surface area contributed by atoms with Gasteiger partial charge in [0.05, 0.1) is 17.8 Å². The van der Waals surface area contributed by atoms with Crippen molar-refractivity contribution in [1.82, 2.24) is 9.88 Å². The minimum Gasteiger partial charge on any atom is -0.332 e. The largest absolute Gasteiger partial charge is 0.332 e. The van der Waals surface area contributed by atoms with Gasteiger partial charge in [-0.2, -0.15) is 0 Å². The predicted octanol–water partition coefficient (Wildman–Crippen LogP) is 2.52. The number of alkyl halides is 2. The van der Waals surface area contributed by atoms with Crippen LogP contribution in [-0.2, 0) is 0 Å². The number of carbonyl (C=O) groups is 1. The van der Waals surface area contributed by atoms with Crippen molar-refractivity contribution < 1.29 is 13.6 Å². The molecule has 0 radical (unpaired) electrons. The van der Waals surface area contributed by atoms with Gasteiger partial charge in [0.1, 0.15) is 5.15 Å². The number of halogens is 3. The first-order chi connectivity index (χ1) is 7.89. The van der Waals surface area contributed by atoms with Gasteiger partial charge in [-0.05, 0) is 19.1 Å². The molecule has 1 aromatic heterocycles. The Bertz CT molecular complexity index is 465. The van der Waals surface area contributed by atoms with Crippen LogP contribution in [0.5, 0.6) is 0 Å². The number of amides is 1. The van der Waals surface area contributed by atoms with Crippen molar-refractivity contribution in [3.05, 3.63) is 28.5 Å². The zero-order valence-electron chi connectivity index (χ0n) is 9.21. The molecule has 0 saturated carbocycles. The Hall–Kier alpha value is -1.23. The van der Waals surface area contributed by atoms with Crippen molar-refractivity contribution in [1.29, 1.82) is 0 Å². The van der Waals surface area contributed by atoms with E-state index in [-0.39, 0.29) is 18.1 Å². The molecule has 1 saturated heterocycles. The quantitative estimate of drug-likeness (QED) is 0.727. The van der Waals surface area contributed by atoms with Crippen LogP contribution in [0.25, 0.3) is 0 Å². The standard InChI is InChI=1S/C11H11ClF2N2O/c1-7-8(2-3-9(12)15-7)10(17)16-5-4-11(13,14)6-16/h2-3H,4-6H2,1H3. The summed E-state index contributed by atoms with van der Waals surface area (Å²) < 4.78 is 26.0. The van der Waals surface area contributed by atoms with E-state index in [9.17, 15) is 13.6 Å². The summed E-state index contributed by atoms with van der Waals surface area (Å²) in [6.45, 7) is 1.19. The molecule has 3 nitrogen and oxygen atoms in total. The van der Waals surface area contributed by atoms with Crippen LogP contribution in [0.1, 0.15) is 22.5 Å². The molecule has 0 atom stereocenters. The Balaban J connectivity index is 2.21. The van der Waals surface area contributed by atoms with Gasteiger partial charge in [0.15, 0.2) is 0 Å². The third-order valence-electron chi connectivity index (χ3n) is 2.74. The van der Waals surface area contributed by atoms with E-state index in [4.69, 9.17) is 11.6 Å². The van der Waals surface area contributed by atoms with Crippen LogP contribution < -0.4 is 0 Å². The molecule has 0 aromatic carbocycles. The molecule has 2 heterocycles. The fraction of sp³-hybridized carbons (Fsp3) is 0.455. The monoisotopic (exact) mass is 260 g/mol. The van der Waals surface area contributed by atoms with Gasteiger partial charge in [0, 0.05) is 13.0 Å². The van der Waals surface area contributed by atoms with Gasteiger partial charge < -0.3 is 4.90 Å². The van der Waals surface area contributed by atoms with E-state index in [2.05, 4.69) is 4.98 Å². The van der Waals surface area contributed by atoms with Gasteiger partial charge in [0.2, 0.25) is 0 Å². The molecule has 0 aliphatic carbocycles. The van der Waals surface area contributed by atoms with Crippen LogP contribution in [-0.4, -0.2) is 34.8 Å². The molecule has 92 valence electrons. The Kier molecular flexibility index (Phi) is 3.03. The number of hydrogen-bond acceptors (Lipinski definition) is 2. The summed E-state index contributed by atoms with van der Waals surface area (Å²) in [6, 6.07) is 3.00. The normalized spacial score (nSPS) is 18.5. The molecule has 1 fully saturated rings. The number of carbonyl (C=O) groups excluding carboxylic acids is 1. The molecule has 6 heteroatoms. The molecule has 17 heavy (non-hydrogen) atoms. The lowest BCUT2D eigenvalue weighted by atomic mass is 10.2. The van der Waals surface area contributed by atoms with E-state index in [1.807, 2.05) is 0 Å². The summed E-state index contributed by atoms with van der Waals surface area (Å²) in [7, 11) is 0. The zero-order valence-corrected chi connectivity index (χ0v) is 9.97. The van der Waals surface area contributed by atoms with Crippen molar-refractivity contribution in [2.24, 2.45) is 0 Å². The molecule has 0 bridgehead atoms. The number of nitrogens with zero attached hydrogens (tertiary/aromatic N) is 2. The van der Waals surface area contributed by atoms with E-state index >= 15 is 0 Å². The third kappa shape index (κ3) is 2.54. The fourth-order valence-electron chi connectivity index (χ4n) is 1.84. The minimum absolute atomic E-state index is 0.0773. The van der Waals surface area contributed by atoms with Crippen molar-refractivity contribution in [2.75, 3.05) is 13.1 Å².